The number of nitrogens with zero attached hydrogens (tertiary/aromatic N) is 3. The van der Waals surface area contributed by atoms with Gasteiger partial charge in [-0.1, -0.05) is 0 Å². The van der Waals surface area contributed by atoms with Crippen molar-refractivity contribution in [2.75, 3.05) is 39.4 Å². The molecule has 2 bridgehead atoms. The fraction of sp³-hybridized carbons (Fsp3) is 0.571. The Bertz CT molecular complexity index is 863. The maximum atomic E-state index is 12.5. The standard InChI is InChI=1S/C21H26N4O2/c26-21(22-6-1-7-25-8-10-27-11-9-25)16-4-5-17-18(13-16)24-20-15-3-2-14(12-15)19(20)23-17/h4-5,13-15H,1-3,6-12H2,(H,22,26). The van der Waals surface area contributed by atoms with Gasteiger partial charge in [0.1, 0.15) is 0 Å². The number of hydrogen-bond donors (Lipinski definition) is 1. The molecule has 5 rings (SSSR count). The summed E-state index contributed by atoms with van der Waals surface area (Å²) in [5, 5.41) is 3.04. The van der Waals surface area contributed by atoms with E-state index in [-0.39, 0.29) is 5.91 Å². The number of morpholine rings is 1. The third-order valence-electron chi connectivity index (χ3n) is 6.23. The third-order valence-corrected chi connectivity index (χ3v) is 6.23. The Hall–Kier alpha value is -2.05. The zero-order chi connectivity index (χ0) is 18.2. The second kappa shape index (κ2) is 7.17. The molecule has 2 aromatic rings. The number of carbonyl (C=O) groups excluding carboxylic acids is 1. The Kier molecular flexibility index (Phi) is 4.53. The maximum absolute atomic E-state index is 12.5. The molecule has 1 aromatic carbocycles. The van der Waals surface area contributed by atoms with E-state index in [1.807, 2.05) is 18.2 Å². The Labute approximate surface area is 159 Å². The number of amides is 1. The van der Waals surface area contributed by atoms with Crippen molar-refractivity contribution < 1.29 is 9.53 Å². The summed E-state index contributed by atoms with van der Waals surface area (Å²) in [5.74, 6) is 1.17. The molecular formula is C21H26N4O2. The molecule has 6 heteroatoms. The molecule has 2 unspecified atom stereocenters. The normalized spacial score (nSPS) is 24.3. The van der Waals surface area contributed by atoms with Gasteiger partial charge in [0.15, 0.2) is 0 Å². The molecule has 27 heavy (non-hydrogen) atoms. The van der Waals surface area contributed by atoms with Crippen LogP contribution in [0.15, 0.2) is 18.2 Å². The highest BCUT2D eigenvalue weighted by Gasteiger charge is 2.39. The maximum Gasteiger partial charge on any atom is 0.251 e. The summed E-state index contributed by atoms with van der Waals surface area (Å²) in [4.78, 5) is 24.6. The average Bonchev–Trinajstić information content (AvgIpc) is 3.32. The molecule has 2 fully saturated rings. The number of fused-ring (bicyclic) bond motifs is 6. The van der Waals surface area contributed by atoms with Crippen LogP contribution in [0, 0.1) is 0 Å². The van der Waals surface area contributed by atoms with E-state index in [1.54, 1.807) is 0 Å². The van der Waals surface area contributed by atoms with E-state index in [9.17, 15) is 4.79 Å². The van der Waals surface area contributed by atoms with E-state index < -0.39 is 0 Å². The SMILES string of the molecule is O=C(NCCCN1CCOCC1)c1ccc2nc3c(nc2c1)C1CCC3C1. The molecule has 142 valence electrons. The van der Waals surface area contributed by atoms with Gasteiger partial charge < -0.3 is 10.1 Å². The number of carbonyl (C=O) groups is 1. The van der Waals surface area contributed by atoms with E-state index in [0.717, 1.165) is 50.3 Å². The number of ether oxygens (including phenoxy) is 1. The van der Waals surface area contributed by atoms with Crippen molar-refractivity contribution >= 4 is 16.9 Å². The van der Waals surface area contributed by atoms with Crippen molar-refractivity contribution in [3.63, 3.8) is 0 Å². The van der Waals surface area contributed by atoms with Gasteiger partial charge >= 0.3 is 0 Å². The molecule has 6 nitrogen and oxygen atoms in total. The van der Waals surface area contributed by atoms with Gasteiger partial charge in [0, 0.05) is 37.0 Å². The molecule has 0 radical (unpaired) electrons. The highest BCUT2D eigenvalue weighted by molar-refractivity contribution is 5.97. The van der Waals surface area contributed by atoms with Crippen LogP contribution in [0.5, 0.6) is 0 Å². The van der Waals surface area contributed by atoms with Crippen molar-refractivity contribution in [1.29, 1.82) is 0 Å². The molecular weight excluding hydrogens is 340 g/mol. The Morgan fingerprint density at radius 1 is 1.11 bits per heavy atom. The smallest absolute Gasteiger partial charge is 0.251 e. The van der Waals surface area contributed by atoms with Crippen LogP contribution in [0.3, 0.4) is 0 Å². The van der Waals surface area contributed by atoms with Crippen LogP contribution in [-0.2, 0) is 4.74 Å². The largest absolute Gasteiger partial charge is 0.379 e. The molecule has 1 aliphatic heterocycles. The lowest BCUT2D eigenvalue weighted by atomic mass is 10.00. The average molecular weight is 366 g/mol. The van der Waals surface area contributed by atoms with Crippen molar-refractivity contribution in [2.24, 2.45) is 0 Å². The van der Waals surface area contributed by atoms with E-state index in [0.29, 0.717) is 23.9 Å². The summed E-state index contributed by atoms with van der Waals surface area (Å²) >= 11 is 0. The lowest BCUT2D eigenvalue weighted by Crippen LogP contribution is -2.38. The predicted molar refractivity (Wildman–Crippen MR) is 103 cm³/mol. The molecule has 3 aliphatic rings. The number of hydrogen-bond acceptors (Lipinski definition) is 5. The van der Waals surface area contributed by atoms with Gasteiger partial charge in [-0.2, -0.15) is 0 Å². The zero-order valence-electron chi connectivity index (χ0n) is 15.6. The Morgan fingerprint density at radius 2 is 1.85 bits per heavy atom. The lowest BCUT2D eigenvalue weighted by molar-refractivity contribution is 0.0374. The minimum Gasteiger partial charge on any atom is -0.379 e. The van der Waals surface area contributed by atoms with Crippen LogP contribution in [0.4, 0.5) is 0 Å². The van der Waals surface area contributed by atoms with E-state index in [4.69, 9.17) is 14.7 Å². The van der Waals surface area contributed by atoms with Crippen LogP contribution in [0.2, 0.25) is 0 Å². The van der Waals surface area contributed by atoms with Gasteiger partial charge in [0.25, 0.3) is 5.91 Å². The van der Waals surface area contributed by atoms with Gasteiger partial charge in [0.05, 0.1) is 35.6 Å². The van der Waals surface area contributed by atoms with E-state index in [1.165, 1.54) is 30.7 Å². The second-order valence-electron chi connectivity index (χ2n) is 7.97. The summed E-state index contributed by atoms with van der Waals surface area (Å²) in [5.41, 5.74) is 4.82. The fourth-order valence-electron chi connectivity index (χ4n) is 4.73. The first-order valence-corrected chi connectivity index (χ1v) is 10.2. The van der Waals surface area contributed by atoms with Crippen LogP contribution < -0.4 is 5.32 Å². The first kappa shape index (κ1) is 17.1. The molecule has 1 aromatic heterocycles. The van der Waals surface area contributed by atoms with Crippen molar-refractivity contribution in [3.05, 3.63) is 35.2 Å². The van der Waals surface area contributed by atoms with Gasteiger partial charge in [-0.05, 0) is 50.4 Å². The molecule has 1 N–H and O–H groups in total. The molecule has 0 spiro atoms. The zero-order valence-corrected chi connectivity index (χ0v) is 15.6. The molecule has 2 aliphatic carbocycles. The highest BCUT2D eigenvalue weighted by atomic mass is 16.5. The van der Waals surface area contributed by atoms with Crippen molar-refractivity contribution in [2.45, 2.75) is 37.5 Å². The Balaban J connectivity index is 1.23. The first-order valence-electron chi connectivity index (χ1n) is 10.2. The van der Waals surface area contributed by atoms with Crippen LogP contribution in [0.1, 0.15) is 59.3 Å². The fourth-order valence-corrected chi connectivity index (χ4v) is 4.73. The Morgan fingerprint density at radius 3 is 2.63 bits per heavy atom. The van der Waals surface area contributed by atoms with Crippen LogP contribution in [0.25, 0.3) is 11.0 Å². The summed E-state index contributed by atoms with van der Waals surface area (Å²) < 4.78 is 5.36. The van der Waals surface area contributed by atoms with E-state index >= 15 is 0 Å². The number of benzene rings is 1. The summed E-state index contributed by atoms with van der Waals surface area (Å²) in [7, 11) is 0. The predicted octanol–water partition coefficient (Wildman–Crippen LogP) is 2.45. The minimum atomic E-state index is -0.0253. The summed E-state index contributed by atoms with van der Waals surface area (Å²) in [6.07, 6.45) is 4.65. The molecule has 1 amide bonds. The lowest BCUT2D eigenvalue weighted by Gasteiger charge is -2.26. The third kappa shape index (κ3) is 3.32. The van der Waals surface area contributed by atoms with Gasteiger partial charge in [-0.25, -0.2) is 9.97 Å². The molecule has 2 atom stereocenters. The van der Waals surface area contributed by atoms with Crippen LogP contribution in [-0.4, -0.2) is 60.2 Å². The van der Waals surface area contributed by atoms with Crippen molar-refractivity contribution in [1.82, 2.24) is 20.2 Å². The molecule has 1 saturated carbocycles. The highest BCUT2D eigenvalue weighted by Crippen LogP contribution is 2.51. The summed E-state index contributed by atoms with van der Waals surface area (Å²) in [6.45, 7) is 5.30. The second-order valence-corrected chi connectivity index (χ2v) is 7.97. The summed E-state index contributed by atoms with van der Waals surface area (Å²) in [6, 6.07) is 5.71. The van der Waals surface area contributed by atoms with Crippen molar-refractivity contribution in [3.8, 4) is 0 Å². The van der Waals surface area contributed by atoms with Gasteiger partial charge in [-0.15, -0.1) is 0 Å². The van der Waals surface area contributed by atoms with E-state index in [2.05, 4.69) is 10.2 Å². The minimum absolute atomic E-state index is 0.0253. The number of rotatable bonds is 5. The first-order chi connectivity index (χ1) is 13.3. The van der Waals surface area contributed by atoms with Gasteiger partial charge in [0.2, 0.25) is 0 Å². The monoisotopic (exact) mass is 366 g/mol. The van der Waals surface area contributed by atoms with Gasteiger partial charge in [-0.3, -0.25) is 9.69 Å². The van der Waals surface area contributed by atoms with Crippen LogP contribution >= 0.6 is 0 Å². The topological polar surface area (TPSA) is 67.4 Å². The number of nitrogens with one attached hydrogen (secondary N) is 1. The molecule has 2 heterocycles. The number of aromatic nitrogens is 2. The quantitative estimate of drug-likeness (QED) is 0.824. The molecule has 1 saturated heterocycles.